The van der Waals surface area contributed by atoms with Gasteiger partial charge in [-0.25, -0.2) is 8.42 Å². The van der Waals surface area contributed by atoms with Gasteiger partial charge in [-0.3, -0.25) is 4.79 Å². The molecule has 0 saturated carbocycles. The number of carbonyl (C=O) groups is 1. The highest BCUT2D eigenvalue weighted by Gasteiger charge is 2.25. The molecule has 0 aliphatic rings. The molecule has 3 N–H and O–H groups in total. The number of amides is 1. The molecule has 0 unspecified atom stereocenters. The van der Waals surface area contributed by atoms with Gasteiger partial charge in [0, 0.05) is 18.8 Å². The fourth-order valence-corrected chi connectivity index (χ4v) is 3.70. The minimum Gasteiger partial charge on any atom is -0.325 e. The number of carbonyl (C=O) groups excluding carboxylic acids is 1. The Kier molecular flexibility index (Phi) is 6.15. The van der Waals surface area contributed by atoms with E-state index in [1.807, 2.05) is 0 Å². The van der Waals surface area contributed by atoms with Crippen molar-refractivity contribution in [3.8, 4) is 0 Å². The van der Waals surface area contributed by atoms with Crippen molar-refractivity contribution in [2.24, 2.45) is 5.73 Å². The normalized spacial score (nSPS) is 13.2. The number of halogens is 1. The van der Waals surface area contributed by atoms with E-state index in [1.54, 1.807) is 20.8 Å². The Morgan fingerprint density at radius 2 is 1.95 bits per heavy atom. The SMILES string of the molecule is CCN(CC)S(=O)(=O)c1cc(NC(=O)[C@H](C)N)ccc1Cl. The van der Waals surface area contributed by atoms with E-state index in [9.17, 15) is 13.2 Å². The maximum Gasteiger partial charge on any atom is 0.244 e. The summed E-state index contributed by atoms with van der Waals surface area (Å²) in [6.45, 7) is 5.71. The summed E-state index contributed by atoms with van der Waals surface area (Å²) in [5.74, 6) is -0.400. The standard InChI is InChI=1S/C13H20ClN3O3S/c1-4-17(5-2)21(19,20)12-8-10(6-7-11(12)14)16-13(18)9(3)15/h6-9H,4-5,15H2,1-3H3,(H,16,18)/t9-/m0/s1. The van der Waals surface area contributed by atoms with Gasteiger partial charge >= 0.3 is 0 Å². The van der Waals surface area contributed by atoms with E-state index in [0.29, 0.717) is 18.8 Å². The minimum atomic E-state index is -3.69. The second-order valence-electron chi connectivity index (χ2n) is 4.51. The molecule has 0 fully saturated rings. The van der Waals surface area contributed by atoms with Gasteiger partial charge in [0.2, 0.25) is 15.9 Å². The Labute approximate surface area is 130 Å². The van der Waals surface area contributed by atoms with Crippen LogP contribution in [0.1, 0.15) is 20.8 Å². The van der Waals surface area contributed by atoms with E-state index in [-0.39, 0.29) is 9.92 Å². The summed E-state index contributed by atoms with van der Waals surface area (Å²) in [6, 6.07) is 3.62. The fraction of sp³-hybridized carbons (Fsp3) is 0.462. The van der Waals surface area contributed by atoms with Gasteiger partial charge in [-0.15, -0.1) is 0 Å². The molecule has 0 heterocycles. The summed E-state index contributed by atoms with van der Waals surface area (Å²) < 4.78 is 26.3. The monoisotopic (exact) mass is 333 g/mol. The van der Waals surface area contributed by atoms with E-state index in [2.05, 4.69) is 5.32 Å². The Balaban J connectivity index is 3.22. The quantitative estimate of drug-likeness (QED) is 0.828. The van der Waals surface area contributed by atoms with Crippen LogP contribution >= 0.6 is 11.6 Å². The van der Waals surface area contributed by atoms with Gasteiger partial charge in [-0.05, 0) is 25.1 Å². The highest BCUT2D eigenvalue weighted by atomic mass is 35.5. The molecule has 1 amide bonds. The number of nitrogens with two attached hydrogens (primary N) is 1. The van der Waals surface area contributed by atoms with Crippen molar-refractivity contribution < 1.29 is 13.2 Å². The van der Waals surface area contributed by atoms with Gasteiger partial charge < -0.3 is 11.1 Å². The zero-order valence-electron chi connectivity index (χ0n) is 12.3. The first-order valence-corrected chi connectivity index (χ1v) is 8.42. The van der Waals surface area contributed by atoms with Crippen LogP contribution in [0.2, 0.25) is 5.02 Å². The third-order valence-corrected chi connectivity index (χ3v) is 5.47. The van der Waals surface area contributed by atoms with Crippen molar-refractivity contribution in [2.75, 3.05) is 18.4 Å². The molecule has 0 bridgehead atoms. The van der Waals surface area contributed by atoms with Gasteiger partial charge in [-0.1, -0.05) is 25.4 Å². The number of benzene rings is 1. The van der Waals surface area contributed by atoms with E-state index in [1.165, 1.54) is 22.5 Å². The van der Waals surface area contributed by atoms with Crippen LogP contribution < -0.4 is 11.1 Å². The van der Waals surface area contributed by atoms with Crippen molar-refractivity contribution in [1.29, 1.82) is 0 Å². The summed E-state index contributed by atoms with van der Waals surface area (Å²) in [5.41, 5.74) is 5.80. The summed E-state index contributed by atoms with van der Waals surface area (Å²) >= 11 is 5.99. The number of hydrogen-bond donors (Lipinski definition) is 2. The third-order valence-electron chi connectivity index (χ3n) is 2.94. The lowest BCUT2D eigenvalue weighted by Gasteiger charge is -2.20. The van der Waals surface area contributed by atoms with Gasteiger partial charge in [-0.2, -0.15) is 4.31 Å². The number of rotatable bonds is 6. The van der Waals surface area contributed by atoms with Crippen LogP contribution in [0.15, 0.2) is 23.1 Å². The van der Waals surface area contributed by atoms with Crippen molar-refractivity contribution in [3.05, 3.63) is 23.2 Å². The molecule has 21 heavy (non-hydrogen) atoms. The minimum absolute atomic E-state index is 0.0321. The van der Waals surface area contributed by atoms with E-state index in [4.69, 9.17) is 17.3 Å². The molecule has 1 atom stereocenters. The average Bonchev–Trinajstić information content (AvgIpc) is 2.41. The second kappa shape index (κ2) is 7.22. The molecule has 1 aromatic rings. The smallest absolute Gasteiger partial charge is 0.244 e. The molecule has 1 rings (SSSR count). The molecule has 0 spiro atoms. The summed E-state index contributed by atoms with van der Waals surface area (Å²) in [4.78, 5) is 11.5. The zero-order chi connectivity index (χ0) is 16.2. The molecule has 1 aromatic carbocycles. The molecule has 6 nitrogen and oxygen atoms in total. The molecule has 8 heteroatoms. The Bertz CT molecular complexity index is 613. The van der Waals surface area contributed by atoms with Crippen molar-refractivity contribution in [3.63, 3.8) is 0 Å². The van der Waals surface area contributed by atoms with Crippen molar-refractivity contribution >= 4 is 33.2 Å². The Hall–Kier alpha value is -1.15. The largest absolute Gasteiger partial charge is 0.325 e. The van der Waals surface area contributed by atoms with Crippen LogP contribution in [0.5, 0.6) is 0 Å². The average molecular weight is 334 g/mol. The first-order chi connectivity index (χ1) is 9.73. The number of anilines is 1. The van der Waals surface area contributed by atoms with Crippen LogP contribution in [0.3, 0.4) is 0 Å². The van der Waals surface area contributed by atoms with Crippen LogP contribution in [-0.4, -0.2) is 37.8 Å². The molecular weight excluding hydrogens is 314 g/mol. The molecule has 0 aliphatic carbocycles. The summed E-state index contributed by atoms with van der Waals surface area (Å²) in [6.07, 6.45) is 0. The van der Waals surface area contributed by atoms with Gasteiger partial charge in [0.05, 0.1) is 11.1 Å². The third kappa shape index (κ3) is 4.16. The van der Waals surface area contributed by atoms with E-state index < -0.39 is 22.0 Å². The first-order valence-electron chi connectivity index (χ1n) is 6.60. The molecule has 0 aromatic heterocycles. The van der Waals surface area contributed by atoms with E-state index in [0.717, 1.165) is 0 Å². The maximum absolute atomic E-state index is 12.5. The number of nitrogens with one attached hydrogen (secondary N) is 1. The second-order valence-corrected chi connectivity index (χ2v) is 6.83. The highest BCUT2D eigenvalue weighted by molar-refractivity contribution is 7.89. The van der Waals surface area contributed by atoms with Gasteiger partial charge in [0.15, 0.2) is 0 Å². The highest BCUT2D eigenvalue weighted by Crippen LogP contribution is 2.27. The Morgan fingerprint density at radius 1 is 1.38 bits per heavy atom. The molecule has 0 radical (unpaired) electrons. The van der Waals surface area contributed by atoms with Crippen molar-refractivity contribution in [2.45, 2.75) is 31.7 Å². The van der Waals surface area contributed by atoms with Crippen molar-refractivity contribution in [1.82, 2.24) is 4.31 Å². The van der Waals surface area contributed by atoms with E-state index >= 15 is 0 Å². The van der Waals surface area contributed by atoms with Crippen LogP contribution in [0.4, 0.5) is 5.69 Å². The molecule has 0 aliphatic heterocycles. The lowest BCUT2D eigenvalue weighted by Crippen LogP contribution is -2.33. The number of sulfonamides is 1. The topological polar surface area (TPSA) is 92.5 Å². The number of nitrogens with zero attached hydrogens (tertiary/aromatic N) is 1. The summed E-state index contributed by atoms with van der Waals surface area (Å²) in [5, 5.41) is 2.66. The van der Waals surface area contributed by atoms with Gasteiger partial charge in [0.1, 0.15) is 4.90 Å². The van der Waals surface area contributed by atoms with Gasteiger partial charge in [0.25, 0.3) is 0 Å². The molecule has 118 valence electrons. The maximum atomic E-state index is 12.5. The Morgan fingerprint density at radius 3 is 2.43 bits per heavy atom. The first kappa shape index (κ1) is 17.9. The zero-order valence-corrected chi connectivity index (χ0v) is 13.8. The lowest BCUT2D eigenvalue weighted by atomic mass is 10.3. The predicted octanol–water partition coefficient (Wildman–Crippen LogP) is 1.66. The van der Waals surface area contributed by atoms with Crippen LogP contribution in [0, 0.1) is 0 Å². The summed E-state index contributed by atoms with van der Waals surface area (Å²) in [7, 11) is -3.69. The fourth-order valence-electron chi connectivity index (χ4n) is 1.74. The number of hydrogen-bond acceptors (Lipinski definition) is 4. The lowest BCUT2D eigenvalue weighted by molar-refractivity contribution is -0.117. The van der Waals surface area contributed by atoms with Crippen LogP contribution in [0.25, 0.3) is 0 Å². The predicted molar refractivity (Wildman–Crippen MR) is 83.8 cm³/mol. The molecule has 0 saturated heterocycles. The molecular formula is C13H20ClN3O3S. The van der Waals surface area contributed by atoms with Crippen LogP contribution in [-0.2, 0) is 14.8 Å².